The molecule has 0 saturated heterocycles. The smallest absolute Gasteiger partial charge is 0.172 e. The van der Waals surface area contributed by atoms with Gasteiger partial charge in [-0.25, -0.2) is 0 Å². The molecule has 2 aromatic rings. The van der Waals surface area contributed by atoms with E-state index in [1.807, 2.05) is 36.2 Å². The van der Waals surface area contributed by atoms with Crippen LogP contribution >= 0.6 is 11.6 Å². The summed E-state index contributed by atoms with van der Waals surface area (Å²) < 4.78 is 0. The summed E-state index contributed by atoms with van der Waals surface area (Å²) in [7, 11) is 1.91. The van der Waals surface area contributed by atoms with Crippen LogP contribution in [0.1, 0.15) is 11.1 Å². The van der Waals surface area contributed by atoms with Gasteiger partial charge in [0.1, 0.15) is 0 Å². The Bertz CT molecular complexity index is 630. The lowest BCUT2D eigenvalue weighted by Gasteiger charge is -2.21. The predicted molar refractivity (Wildman–Crippen MR) is 80.3 cm³/mol. The standard InChI is InChI=1S/C14H15ClN4O/c1-19(9-10-3-2-4-11(15)7-10)13-8-17-6-5-12(13)14(16)18-20/h2-8,20H,9H2,1H3,(H2,16,18). The van der Waals surface area contributed by atoms with Gasteiger partial charge in [0, 0.05) is 30.4 Å². The highest BCUT2D eigenvalue weighted by molar-refractivity contribution is 6.30. The largest absolute Gasteiger partial charge is 0.409 e. The number of hydrogen-bond acceptors (Lipinski definition) is 4. The zero-order valence-electron chi connectivity index (χ0n) is 11.0. The third-order valence-corrected chi connectivity index (χ3v) is 3.14. The molecular weight excluding hydrogens is 276 g/mol. The van der Waals surface area contributed by atoms with Crippen LogP contribution in [0.3, 0.4) is 0 Å². The fourth-order valence-electron chi connectivity index (χ4n) is 1.96. The van der Waals surface area contributed by atoms with Gasteiger partial charge in [0.05, 0.1) is 11.9 Å². The number of anilines is 1. The number of amidine groups is 1. The van der Waals surface area contributed by atoms with Gasteiger partial charge in [0.15, 0.2) is 5.84 Å². The van der Waals surface area contributed by atoms with Crippen molar-refractivity contribution in [3.63, 3.8) is 0 Å². The lowest BCUT2D eigenvalue weighted by molar-refractivity contribution is 0.318. The molecule has 104 valence electrons. The molecule has 0 aliphatic heterocycles. The van der Waals surface area contributed by atoms with Gasteiger partial charge in [-0.2, -0.15) is 0 Å². The zero-order chi connectivity index (χ0) is 14.5. The van der Waals surface area contributed by atoms with Crippen molar-refractivity contribution in [3.05, 3.63) is 58.9 Å². The molecule has 5 nitrogen and oxygen atoms in total. The zero-order valence-corrected chi connectivity index (χ0v) is 11.7. The van der Waals surface area contributed by atoms with E-state index in [1.54, 1.807) is 18.5 Å². The molecule has 0 radical (unpaired) electrons. The fraction of sp³-hybridized carbons (Fsp3) is 0.143. The summed E-state index contributed by atoms with van der Waals surface area (Å²) in [6.07, 6.45) is 3.28. The number of pyridine rings is 1. The first-order chi connectivity index (χ1) is 9.61. The van der Waals surface area contributed by atoms with Crippen molar-refractivity contribution in [3.8, 4) is 0 Å². The molecule has 0 fully saturated rings. The molecule has 1 heterocycles. The van der Waals surface area contributed by atoms with Gasteiger partial charge in [0.2, 0.25) is 0 Å². The molecule has 1 aromatic carbocycles. The van der Waals surface area contributed by atoms with Crippen LogP contribution in [0.4, 0.5) is 5.69 Å². The van der Waals surface area contributed by atoms with Crippen LogP contribution in [-0.4, -0.2) is 23.1 Å². The monoisotopic (exact) mass is 290 g/mol. The van der Waals surface area contributed by atoms with Gasteiger partial charge >= 0.3 is 0 Å². The lowest BCUT2D eigenvalue weighted by atomic mass is 10.1. The molecule has 20 heavy (non-hydrogen) atoms. The Kier molecular flexibility index (Phi) is 4.42. The number of nitrogens with zero attached hydrogens (tertiary/aromatic N) is 3. The van der Waals surface area contributed by atoms with E-state index in [-0.39, 0.29) is 5.84 Å². The first kappa shape index (κ1) is 14.1. The SMILES string of the molecule is CN(Cc1cccc(Cl)c1)c1cnccc1/C(N)=N/O. The van der Waals surface area contributed by atoms with E-state index < -0.39 is 0 Å². The second kappa shape index (κ2) is 6.25. The van der Waals surface area contributed by atoms with E-state index in [1.165, 1.54) is 0 Å². The minimum atomic E-state index is 0.0559. The second-order valence-corrected chi connectivity index (χ2v) is 4.80. The van der Waals surface area contributed by atoms with E-state index in [9.17, 15) is 0 Å². The Hall–Kier alpha value is -2.27. The average Bonchev–Trinajstić information content (AvgIpc) is 2.46. The van der Waals surface area contributed by atoms with E-state index in [0.29, 0.717) is 17.1 Å². The molecule has 0 saturated carbocycles. The molecule has 1 aromatic heterocycles. The average molecular weight is 291 g/mol. The van der Waals surface area contributed by atoms with Crippen molar-refractivity contribution in [1.29, 1.82) is 0 Å². The third-order valence-electron chi connectivity index (χ3n) is 2.90. The molecular formula is C14H15ClN4O. The van der Waals surface area contributed by atoms with E-state index in [4.69, 9.17) is 22.5 Å². The van der Waals surface area contributed by atoms with Crippen LogP contribution in [0.2, 0.25) is 5.02 Å². The van der Waals surface area contributed by atoms with Crippen molar-refractivity contribution in [2.24, 2.45) is 10.9 Å². The highest BCUT2D eigenvalue weighted by Crippen LogP contribution is 2.20. The van der Waals surface area contributed by atoms with Crippen LogP contribution in [0.15, 0.2) is 47.9 Å². The van der Waals surface area contributed by atoms with Gasteiger partial charge in [-0.1, -0.05) is 28.9 Å². The number of benzene rings is 1. The van der Waals surface area contributed by atoms with E-state index in [2.05, 4.69) is 10.1 Å². The van der Waals surface area contributed by atoms with Crippen molar-refractivity contribution < 1.29 is 5.21 Å². The Balaban J connectivity index is 2.28. The quantitative estimate of drug-likeness (QED) is 0.393. The Morgan fingerprint density at radius 1 is 1.45 bits per heavy atom. The number of oxime groups is 1. The van der Waals surface area contributed by atoms with E-state index in [0.717, 1.165) is 11.3 Å². The Morgan fingerprint density at radius 2 is 2.25 bits per heavy atom. The van der Waals surface area contributed by atoms with Crippen molar-refractivity contribution >= 4 is 23.1 Å². The molecule has 3 N–H and O–H groups in total. The summed E-state index contributed by atoms with van der Waals surface area (Å²) in [4.78, 5) is 6.05. The maximum atomic E-state index is 8.83. The van der Waals surface area contributed by atoms with E-state index >= 15 is 0 Å². The molecule has 0 unspecified atom stereocenters. The Morgan fingerprint density at radius 3 is 2.95 bits per heavy atom. The van der Waals surface area contributed by atoms with Gasteiger partial charge in [-0.05, 0) is 23.8 Å². The van der Waals surface area contributed by atoms with Crippen LogP contribution < -0.4 is 10.6 Å². The summed E-state index contributed by atoms with van der Waals surface area (Å²) in [5, 5.41) is 12.6. The number of halogens is 1. The maximum absolute atomic E-state index is 8.83. The number of hydrogen-bond donors (Lipinski definition) is 2. The minimum Gasteiger partial charge on any atom is -0.409 e. The van der Waals surface area contributed by atoms with Gasteiger partial charge < -0.3 is 15.8 Å². The molecule has 0 amide bonds. The van der Waals surface area contributed by atoms with Gasteiger partial charge in [0.25, 0.3) is 0 Å². The summed E-state index contributed by atoms with van der Waals surface area (Å²) >= 11 is 5.98. The Labute approximate surface area is 122 Å². The highest BCUT2D eigenvalue weighted by Gasteiger charge is 2.11. The second-order valence-electron chi connectivity index (χ2n) is 4.36. The van der Waals surface area contributed by atoms with Crippen LogP contribution in [0.25, 0.3) is 0 Å². The molecule has 0 spiro atoms. The topological polar surface area (TPSA) is 74.7 Å². The number of nitrogens with two attached hydrogens (primary N) is 1. The normalized spacial score (nSPS) is 11.4. The molecule has 0 bridgehead atoms. The molecule has 6 heteroatoms. The van der Waals surface area contributed by atoms with Crippen LogP contribution in [0, 0.1) is 0 Å². The summed E-state index contributed by atoms with van der Waals surface area (Å²) in [5.41, 5.74) is 8.15. The first-order valence-corrected chi connectivity index (χ1v) is 6.37. The molecule has 2 rings (SSSR count). The summed E-state index contributed by atoms with van der Waals surface area (Å²) in [5.74, 6) is 0.0559. The van der Waals surface area contributed by atoms with Crippen molar-refractivity contribution in [2.75, 3.05) is 11.9 Å². The van der Waals surface area contributed by atoms with Gasteiger partial charge in [-0.15, -0.1) is 0 Å². The lowest BCUT2D eigenvalue weighted by Crippen LogP contribution is -2.22. The number of rotatable bonds is 4. The van der Waals surface area contributed by atoms with Crippen LogP contribution in [-0.2, 0) is 6.54 Å². The van der Waals surface area contributed by atoms with Crippen molar-refractivity contribution in [1.82, 2.24) is 4.98 Å². The fourth-order valence-corrected chi connectivity index (χ4v) is 2.17. The molecule has 0 aliphatic rings. The highest BCUT2D eigenvalue weighted by atomic mass is 35.5. The number of aromatic nitrogens is 1. The third kappa shape index (κ3) is 3.19. The van der Waals surface area contributed by atoms with Crippen LogP contribution in [0.5, 0.6) is 0 Å². The minimum absolute atomic E-state index is 0.0559. The maximum Gasteiger partial charge on any atom is 0.172 e. The van der Waals surface area contributed by atoms with Crippen molar-refractivity contribution in [2.45, 2.75) is 6.54 Å². The molecule has 0 aliphatic carbocycles. The predicted octanol–water partition coefficient (Wildman–Crippen LogP) is 2.47. The molecule has 0 atom stereocenters. The summed E-state index contributed by atoms with van der Waals surface area (Å²) in [6, 6.07) is 9.33. The van der Waals surface area contributed by atoms with Gasteiger partial charge in [-0.3, -0.25) is 4.98 Å². The first-order valence-electron chi connectivity index (χ1n) is 5.99. The summed E-state index contributed by atoms with van der Waals surface area (Å²) in [6.45, 7) is 0.637.